The third-order valence-corrected chi connectivity index (χ3v) is 2.69. The lowest BCUT2D eigenvalue weighted by atomic mass is 10.1. The highest BCUT2D eigenvalue weighted by Gasteiger charge is 2.17. The van der Waals surface area contributed by atoms with E-state index in [1.54, 1.807) is 30.3 Å². The van der Waals surface area contributed by atoms with Crippen LogP contribution in [0.4, 0.5) is 5.69 Å². The Hall–Kier alpha value is -1.75. The van der Waals surface area contributed by atoms with Crippen molar-refractivity contribution in [3.8, 4) is 5.75 Å². The molecule has 0 saturated heterocycles. The van der Waals surface area contributed by atoms with Crippen molar-refractivity contribution in [2.75, 3.05) is 12.8 Å². The van der Waals surface area contributed by atoms with E-state index in [4.69, 9.17) is 14.9 Å². The number of furan rings is 1. The number of ether oxygens (including phenoxy) is 1. The van der Waals surface area contributed by atoms with Gasteiger partial charge in [-0.15, -0.1) is 0 Å². The summed E-state index contributed by atoms with van der Waals surface area (Å²) in [5, 5.41) is 0. The zero-order valence-electron chi connectivity index (χ0n) is 9.07. The first-order valence-corrected chi connectivity index (χ1v) is 5.64. The first-order valence-electron chi connectivity index (χ1n) is 4.85. The van der Waals surface area contributed by atoms with Gasteiger partial charge in [0.05, 0.1) is 12.7 Å². The zero-order chi connectivity index (χ0) is 12.4. The Labute approximate surface area is 106 Å². The van der Waals surface area contributed by atoms with Gasteiger partial charge in [-0.25, -0.2) is 0 Å². The second kappa shape index (κ2) is 4.63. The molecule has 88 valence electrons. The number of nitrogen functional groups attached to an aromatic ring is 1. The zero-order valence-corrected chi connectivity index (χ0v) is 10.7. The van der Waals surface area contributed by atoms with Crippen LogP contribution in [0.2, 0.25) is 0 Å². The molecule has 0 aliphatic heterocycles. The number of carbonyl (C=O) groups excluding carboxylic acids is 1. The predicted molar refractivity (Wildman–Crippen MR) is 67.2 cm³/mol. The number of nitrogens with two attached hydrogens (primary N) is 1. The normalized spacial score (nSPS) is 10.2. The number of halogens is 1. The van der Waals surface area contributed by atoms with E-state index >= 15 is 0 Å². The minimum absolute atomic E-state index is 0.243. The van der Waals surface area contributed by atoms with Crippen LogP contribution in [0.3, 0.4) is 0 Å². The van der Waals surface area contributed by atoms with Crippen molar-refractivity contribution in [3.05, 3.63) is 46.3 Å². The van der Waals surface area contributed by atoms with Crippen LogP contribution in [0.15, 0.2) is 39.4 Å². The summed E-state index contributed by atoms with van der Waals surface area (Å²) in [5.41, 5.74) is 6.58. The molecule has 2 aromatic rings. The molecule has 1 heterocycles. The first-order chi connectivity index (χ1) is 8.11. The molecule has 2 N–H and O–H groups in total. The summed E-state index contributed by atoms with van der Waals surface area (Å²) in [6.45, 7) is 0. The Morgan fingerprint density at radius 1 is 1.35 bits per heavy atom. The standard InChI is InChI=1S/C12H10BrNO3/c1-16-10-6-7(14)2-3-8(10)12(15)9-4-5-11(13)17-9/h2-6H,14H2,1H3. The Balaban J connectivity index is 2.43. The summed E-state index contributed by atoms with van der Waals surface area (Å²) in [4.78, 5) is 12.1. The van der Waals surface area contributed by atoms with Crippen molar-refractivity contribution in [1.82, 2.24) is 0 Å². The van der Waals surface area contributed by atoms with Gasteiger partial charge in [-0.1, -0.05) is 0 Å². The molecule has 0 amide bonds. The summed E-state index contributed by atoms with van der Waals surface area (Å²) in [5.74, 6) is 0.440. The molecular weight excluding hydrogens is 286 g/mol. The van der Waals surface area contributed by atoms with Crippen LogP contribution in [-0.4, -0.2) is 12.9 Å². The van der Waals surface area contributed by atoms with Crippen LogP contribution in [-0.2, 0) is 0 Å². The minimum Gasteiger partial charge on any atom is -0.496 e. The maximum Gasteiger partial charge on any atom is 0.231 e. The third-order valence-electron chi connectivity index (χ3n) is 2.27. The summed E-state index contributed by atoms with van der Waals surface area (Å²) < 4.78 is 10.8. The maximum absolute atomic E-state index is 12.1. The highest BCUT2D eigenvalue weighted by atomic mass is 79.9. The number of rotatable bonds is 3. The molecule has 5 heteroatoms. The van der Waals surface area contributed by atoms with Gasteiger partial charge in [0.2, 0.25) is 5.78 Å². The van der Waals surface area contributed by atoms with E-state index in [2.05, 4.69) is 15.9 Å². The number of benzene rings is 1. The Morgan fingerprint density at radius 2 is 2.12 bits per heavy atom. The van der Waals surface area contributed by atoms with Crippen LogP contribution < -0.4 is 10.5 Å². The second-order valence-electron chi connectivity index (χ2n) is 3.39. The van der Waals surface area contributed by atoms with Gasteiger partial charge < -0.3 is 14.9 Å². The Bertz CT molecular complexity index is 563. The summed E-state index contributed by atoms with van der Waals surface area (Å²) >= 11 is 3.15. The minimum atomic E-state index is -0.243. The molecular formula is C12H10BrNO3. The summed E-state index contributed by atoms with van der Waals surface area (Å²) in [7, 11) is 1.49. The van der Waals surface area contributed by atoms with Gasteiger partial charge >= 0.3 is 0 Å². The van der Waals surface area contributed by atoms with Crippen molar-refractivity contribution >= 4 is 27.4 Å². The molecule has 17 heavy (non-hydrogen) atoms. The molecule has 0 atom stereocenters. The van der Waals surface area contributed by atoms with Gasteiger partial charge in [0, 0.05) is 11.8 Å². The molecule has 0 unspecified atom stereocenters. The van der Waals surface area contributed by atoms with Crippen LogP contribution in [0.25, 0.3) is 0 Å². The molecule has 1 aromatic carbocycles. The highest BCUT2D eigenvalue weighted by Crippen LogP contribution is 2.25. The molecule has 0 bridgehead atoms. The van der Waals surface area contributed by atoms with E-state index in [-0.39, 0.29) is 11.5 Å². The van der Waals surface area contributed by atoms with Gasteiger partial charge in [0.1, 0.15) is 5.75 Å². The van der Waals surface area contributed by atoms with Crippen LogP contribution in [0, 0.1) is 0 Å². The van der Waals surface area contributed by atoms with Crippen molar-refractivity contribution in [2.45, 2.75) is 0 Å². The molecule has 0 radical (unpaired) electrons. The van der Waals surface area contributed by atoms with Crippen molar-refractivity contribution in [3.63, 3.8) is 0 Å². The van der Waals surface area contributed by atoms with Gasteiger partial charge in [-0.05, 0) is 40.2 Å². The molecule has 0 saturated carbocycles. The van der Waals surface area contributed by atoms with E-state index in [0.29, 0.717) is 21.7 Å². The monoisotopic (exact) mass is 295 g/mol. The highest BCUT2D eigenvalue weighted by molar-refractivity contribution is 9.10. The van der Waals surface area contributed by atoms with Gasteiger partial charge in [0.15, 0.2) is 10.4 Å². The van der Waals surface area contributed by atoms with E-state index in [1.807, 2.05) is 0 Å². The fourth-order valence-electron chi connectivity index (χ4n) is 1.46. The van der Waals surface area contributed by atoms with E-state index in [9.17, 15) is 4.79 Å². The van der Waals surface area contributed by atoms with Gasteiger partial charge in [-0.2, -0.15) is 0 Å². The topological polar surface area (TPSA) is 65.5 Å². The number of hydrogen-bond donors (Lipinski definition) is 1. The second-order valence-corrected chi connectivity index (χ2v) is 4.17. The molecule has 0 fully saturated rings. The maximum atomic E-state index is 12.1. The lowest BCUT2D eigenvalue weighted by molar-refractivity contribution is 0.100. The van der Waals surface area contributed by atoms with Gasteiger partial charge in [-0.3, -0.25) is 4.79 Å². The average Bonchev–Trinajstić information content (AvgIpc) is 2.75. The van der Waals surface area contributed by atoms with Gasteiger partial charge in [0.25, 0.3) is 0 Å². The predicted octanol–water partition coefficient (Wildman–Crippen LogP) is 2.86. The lowest BCUT2D eigenvalue weighted by Gasteiger charge is -2.06. The third kappa shape index (κ3) is 2.34. The molecule has 2 rings (SSSR count). The SMILES string of the molecule is COc1cc(N)ccc1C(=O)c1ccc(Br)o1. The lowest BCUT2D eigenvalue weighted by Crippen LogP contribution is -2.03. The van der Waals surface area contributed by atoms with Crippen LogP contribution >= 0.6 is 15.9 Å². The average molecular weight is 296 g/mol. The number of methoxy groups -OCH3 is 1. The first kappa shape index (κ1) is 11.7. The number of carbonyl (C=O) groups is 1. The summed E-state index contributed by atoms with van der Waals surface area (Å²) in [6, 6.07) is 8.13. The fourth-order valence-corrected chi connectivity index (χ4v) is 1.77. The van der Waals surface area contributed by atoms with Crippen molar-refractivity contribution in [2.24, 2.45) is 0 Å². The molecule has 4 nitrogen and oxygen atoms in total. The smallest absolute Gasteiger partial charge is 0.231 e. The molecule has 0 aliphatic carbocycles. The number of anilines is 1. The molecule has 0 aliphatic rings. The van der Waals surface area contributed by atoms with Crippen molar-refractivity contribution in [1.29, 1.82) is 0 Å². The summed E-state index contributed by atoms with van der Waals surface area (Å²) in [6.07, 6.45) is 0. The number of hydrogen-bond acceptors (Lipinski definition) is 4. The largest absolute Gasteiger partial charge is 0.496 e. The van der Waals surface area contributed by atoms with Crippen LogP contribution in [0.5, 0.6) is 5.75 Å². The number of ketones is 1. The van der Waals surface area contributed by atoms with Crippen LogP contribution in [0.1, 0.15) is 16.1 Å². The van der Waals surface area contributed by atoms with Crippen molar-refractivity contribution < 1.29 is 13.9 Å². The molecule has 1 aromatic heterocycles. The Morgan fingerprint density at radius 3 is 2.71 bits per heavy atom. The quantitative estimate of drug-likeness (QED) is 0.698. The Kier molecular flexibility index (Phi) is 3.19. The van der Waals surface area contributed by atoms with E-state index < -0.39 is 0 Å². The molecule has 0 spiro atoms. The van der Waals surface area contributed by atoms with E-state index in [1.165, 1.54) is 7.11 Å². The van der Waals surface area contributed by atoms with E-state index in [0.717, 1.165) is 0 Å². The fraction of sp³-hybridized carbons (Fsp3) is 0.0833.